The standard InChI is InChI=1S/C22H23NO3.ClH/c1-21(2)19(22(21,3)4)20(24)26-18(14-23)15-9-8-12-17(13-15)25-16-10-6-5-7-11-16;/h5-13,18-19H,1-4H3;1H. The number of carbonyl (C=O) groups excluding carboxylic acids is 1. The number of halogens is 1. The summed E-state index contributed by atoms with van der Waals surface area (Å²) in [6.07, 6.45) is -0.950. The van der Waals surface area contributed by atoms with Crippen LogP contribution in [0.1, 0.15) is 39.4 Å². The summed E-state index contributed by atoms with van der Waals surface area (Å²) in [5.74, 6) is 0.782. The molecular weight excluding hydrogens is 362 g/mol. The summed E-state index contributed by atoms with van der Waals surface area (Å²) in [7, 11) is 0. The molecular formula is C22H24ClNO3. The quantitative estimate of drug-likeness (QED) is 0.620. The van der Waals surface area contributed by atoms with Gasteiger partial charge in [0, 0.05) is 5.56 Å². The van der Waals surface area contributed by atoms with Gasteiger partial charge in [-0.2, -0.15) is 5.26 Å². The summed E-state index contributed by atoms with van der Waals surface area (Å²) in [5, 5.41) is 9.50. The molecule has 27 heavy (non-hydrogen) atoms. The second-order valence-corrected chi connectivity index (χ2v) is 7.81. The molecule has 2 aromatic carbocycles. The van der Waals surface area contributed by atoms with E-state index >= 15 is 0 Å². The fraction of sp³-hybridized carbons (Fsp3) is 0.364. The van der Waals surface area contributed by atoms with Crippen LogP contribution < -0.4 is 4.74 Å². The van der Waals surface area contributed by atoms with Gasteiger partial charge >= 0.3 is 5.97 Å². The van der Waals surface area contributed by atoms with Gasteiger partial charge in [0.15, 0.2) is 0 Å². The van der Waals surface area contributed by atoms with Gasteiger partial charge < -0.3 is 9.47 Å². The Hall–Kier alpha value is -2.51. The summed E-state index contributed by atoms with van der Waals surface area (Å²) in [6.45, 7) is 8.20. The Balaban J connectivity index is 0.00000261. The van der Waals surface area contributed by atoms with Crippen LogP contribution in [0.25, 0.3) is 0 Å². The highest BCUT2D eigenvalue weighted by Gasteiger charge is 2.69. The molecule has 1 aliphatic rings. The van der Waals surface area contributed by atoms with Crippen molar-refractivity contribution in [3.63, 3.8) is 0 Å². The maximum atomic E-state index is 12.6. The molecule has 0 N–H and O–H groups in total. The van der Waals surface area contributed by atoms with Gasteiger partial charge in [-0.3, -0.25) is 4.79 Å². The SMILES string of the molecule is CC1(C)C(C(=O)OC(C#N)c2cccc(Oc3ccccc3)c2)C1(C)C.Cl. The van der Waals surface area contributed by atoms with E-state index < -0.39 is 6.10 Å². The van der Waals surface area contributed by atoms with Crippen LogP contribution in [0, 0.1) is 28.1 Å². The zero-order valence-electron chi connectivity index (χ0n) is 15.9. The molecule has 0 amide bonds. The fourth-order valence-corrected chi connectivity index (χ4v) is 3.50. The third-order valence-electron chi connectivity index (χ3n) is 5.75. The molecule has 1 saturated carbocycles. The predicted molar refractivity (Wildman–Crippen MR) is 106 cm³/mol. The zero-order chi connectivity index (χ0) is 18.9. The van der Waals surface area contributed by atoms with Gasteiger partial charge in [-0.1, -0.05) is 58.0 Å². The van der Waals surface area contributed by atoms with E-state index in [0.29, 0.717) is 17.1 Å². The molecule has 5 heteroatoms. The van der Waals surface area contributed by atoms with Crippen LogP contribution in [0.15, 0.2) is 54.6 Å². The van der Waals surface area contributed by atoms with Crippen molar-refractivity contribution in [3.8, 4) is 17.6 Å². The van der Waals surface area contributed by atoms with E-state index in [1.165, 1.54) is 0 Å². The Bertz CT molecular complexity index is 841. The van der Waals surface area contributed by atoms with Crippen LogP contribution in [-0.2, 0) is 9.53 Å². The molecule has 0 aromatic heterocycles. The van der Waals surface area contributed by atoms with Crippen molar-refractivity contribution in [1.29, 1.82) is 5.26 Å². The molecule has 1 atom stereocenters. The van der Waals surface area contributed by atoms with E-state index in [2.05, 4.69) is 33.8 Å². The van der Waals surface area contributed by atoms with E-state index in [9.17, 15) is 10.1 Å². The van der Waals surface area contributed by atoms with Crippen LogP contribution in [-0.4, -0.2) is 5.97 Å². The Morgan fingerprint density at radius 2 is 1.59 bits per heavy atom. The van der Waals surface area contributed by atoms with Crippen LogP contribution in [0.2, 0.25) is 0 Å². The Morgan fingerprint density at radius 3 is 2.15 bits per heavy atom. The number of nitrogens with zero attached hydrogens (tertiary/aromatic N) is 1. The number of nitriles is 1. The van der Waals surface area contributed by atoms with Crippen molar-refractivity contribution in [3.05, 3.63) is 60.2 Å². The van der Waals surface area contributed by atoms with Gasteiger partial charge in [0.25, 0.3) is 0 Å². The summed E-state index contributed by atoms with van der Waals surface area (Å²) < 4.78 is 11.3. The topological polar surface area (TPSA) is 59.3 Å². The van der Waals surface area contributed by atoms with Crippen molar-refractivity contribution in [2.45, 2.75) is 33.8 Å². The first-order chi connectivity index (χ1) is 12.3. The van der Waals surface area contributed by atoms with E-state index in [0.717, 1.165) is 0 Å². The second kappa shape index (κ2) is 7.62. The largest absolute Gasteiger partial charge is 0.457 e. The molecule has 1 aliphatic carbocycles. The van der Waals surface area contributed by atoms with Gasteiger partial charge in [0.05, 0.1) is 5.92 Å². The maximum absolute atomic E-state index is 12.6. The fourth-order valence-electron chi connectivity index (χ4n) is 3.50. The lowest BCUT2D eigenvalue weighted by Gasteiger charge is -2.14. The summed E-state index contributed by atoms with van der Waals surface area (Å²) >= 11 is 0. The number of rotatable bonds is 5. The summed E-state index contributed by atoms with van der Waals surface area (Å²) in [4.78, 5) is 12.6. The number of carbonyl (C=O) groups is 1. The molecule has 1 fully saturated rings. The van der Waals surface area contributed by atoms with Crippen LogP contribution in [0.5, 0.6) is 11.5 Å². The molecule has 0 saturated heterocycles. The molecule has 142 valence electrons. The van der Waals surface area contributed by atoms with Crippen molar-refractivity contribution < 1.29 is 14.3 Å². The average molecular weight is 386 g/mol. The highest BCUT2D eigenvalue weighted by Crippen LogP contribution is 2.68. The highest BCUT2D eigenvalue weighted by atomic mass is 35.5. The third-order valence-corrected chi connectivity index (χ3v) is 5.75. The van der Waals surface area contributed by atoms with Gasteiger partial charge in [-0.05, 0) is 35.1 Å². The molecule has 0 radical (unpaired) electrons. The molecule has 4 nitrogen and oxygen atoms in total. The minimum atomic E-state index is -0.950. The van der Waals surface area contributed by atoms with Crippen molar-refractivity contribution in [2.75, 3.05) is 0 Å². The third kappa shape index (κ3) is 3.94. The Labute approximate surface area is 166 Å². The summed E-state index contributed by atoms with van der Waals surface area (Å²) in [5.41, 5.74) is 0.357. The minimum Gasteiger partial charge on any atom is -0.457 e. The monoisotopic (exact) mass is 385 g/mol. The number of ether oxygens (including phenoxy) is 2. The first kappa shape index (κ1) is 20.8. The number of hydrogen-bond acceptors (Lipinski definition) is 4. The smallest absolute Gasteiger partial charge is 0.311 e. The van der Waals surface area contributed by atoms with Crippen molar-refractivity contribution in [1.82, 2.24) is 0 Å². The molecule has 3 rings (SSSR count). The normalized spacial score (nSPS) is 17.7. The van der Waals surface area contributed by atoms with E-state index in [1.54, 1.807) is 24.3 Å². The first-order valence-electron chi connectivity index (χ1n) is 8.70. The van der Waals surface area contributed by atoms with Crippen LogP contribution in [0.4, 0.5) is 0 Å². The number of esters is 1. The maximum Gasteiger partial charge on any atom is 0.311 e. The molecule has 0 aliphatic heterocycles. The zero-order valence-corrected chi connectivity index (χ0v) is 16.7. The summed E-state index contributed by atoms with van der Waals surface area (Å²) in [6, 6.07) is 18.6. The number of para-hydroxylation sites is 1. The second-order valence-electron chi connectivity index (χ2n) is 7.81. The Morgan fingerprint density at radius 1 is 1.00 bits per heavy atom. The number of benzene rings is 2. The predicted octanol–water partition coefficient (Wildman–Crippen LogP) is 5.69. The van der Waals surface area contributed by atoms with Gasteiger partial charge in [0.2, 0.25) is 6.10 Å². The lowest BCUT2D eigenvalue weighted by atomic mass is 10.0. The molecule has 0 bridgehead atoms. The Kier molecular flexibility index (Phi) is 5.87. The van der Waals surface area contributed by atoms with E-state index in [-0.39, 0.29) is 35.1 Å². The van der Waals surface area contributed by atoms with Gasteiger partial charge in [-0.15, -0.1) is 12.4 Å². The molecule has 0 heterocycles. The van der Waals surface area contributed by atoms with Gasteiger partial charge in [-0.25, -0.2) is 0 Å². The number of hydrogen-bond donors (Lipinski definition) is 0. The minimum absolute atomic E-state index is 0. The first-order valence-corrected chi connectivity index (χ1v) is 8.70. The van der Waals surface area contributed by atoms with Crippen molar-refractivity contribution in [2.24, 2.45) is 16.7 Å². The highest BCUT2D eigenvalue weighted by molar-refractivity contribution is 5.85. The average Bonchev–Trinajstić information content (AvgIpc) is 3.02. The molecule has 0 spiro atoms. The van der Waals surface area contributed by atoms with Crippen molar-refractivity contribution >= 4 is 18.4 Å². The van der Waals surface area contributed by atoms with Crippen LogP contribution in [0.3, 0.4) is 0 Å². The van der Waals surface area contributed by atoms with Gasteiger partial charge in [0.1, 0.15) is 17.6 Å². The van der Waals surface area contributed by atoms with E-state index in [4.69, 9.17) is 9.47 Å². The van der Waals surface area contributed by atoms with Crippen LogP contribution >= 0.6 is 12.4 Å². The molecule has 1 unspecified atom stereocenters. The lowest BCUT2D eigenvalue weighted by Crippen LogP contribution is -2.15. The van der Waals surface area contributed by atoms with E-state index in [1.807, 2.05) is 30.3 Å². The lowest BCUT2D eigenvalue weighted by molar-refractivity contribution is -0.150. The molecule has 2 aromatic rings.